The van der Waals surface area contributed by atoms with Crippen LogP contribution in [-0.4, -0.2) is 45.1 Å². The molecule has 1 saturated carbocycles. The molecule has 1 atom stereocenters. The molecule has 35 heavy (non-hydrogen) atoms. The standard InChI is InChI=1S/C22H18F3N7O2S/c1-11-29-18-17(19(34-2)12-3-4-12)15(10-26-20(18)35-11)31-21(33)30-13-5-6-16(32-27-7-8-28-32)14(9-13)22(23,24)25/h5-9,12,19H,3-4H2,1-2H3,(H-,30,31,33)/p+1. The molecule has 2 aromatic heterocycles. The first kappa shape index (κ1) is 23.0. The van der Waals surface area contributed by atoms with Crippen LogP contribution in [0.2, 0.25) is 0 Å². The molecule has 1 aromatic carbocycles. The predicted molar refractivity (Wildman–Crippen MR) is 121 cm³/mol. The lowest BCUT2D eigenvalue weighted by Crippen LogP contribution is -2.41. The minimum atomic E-state index is -4.69. The molecular weight excluding hydrogens is 483 g/mol. The van der Waals surface area contributed by atoms with Crippen molar-refractivity contribution in [2.45, 2.75) is 32.0 Å². The topological polar surface area (TPSA) is 108 Å². The van der Waals surface area contributed by atoms with Gasteiger partial charge in [0.25, 0.3) is 0 Å². The van der Waals surface area contributed by atoms with Crippen molar-refractivity contribution in [2.75, 3.05) is 12.4 Å². The Kier molecular flexibility index (Phi) is 5.78. The molecule has 0 spiro atoms. The molecule has 2 amide bonds. The van der Waals surface area contributed by atoms with E-state index in [0.717, 1.165) is 28.7 Å². The van der Waals surface area contributed by atoms with Gasteiger partial charge in [0.05, 0.1) is 40.3 Å². The summed E-state index contributed by atoms with van der Waals surface area (Å²) in [5.41, 5.74) is -0.377. The van der Waals surface area contributed by atoms with Gasteiger partial charge < -0.3 is 10.1 Å². The van der Waals surface area contributed by atoms with Crippen LogP contribution in [0.3, 0.4) is 0 Å². The van der Waals surface area contributed by atoms with Crippen molar-refractivity contribution in [3.8, 4) is 5.69 Å². The fraction of sp³-hybridized carbons (Fsp3) is 0.318. The fourth-order valence-corrected chi connectivity index (χ4v) is 4.66. The molecule has 1 aliphatic carbocycles. The summed E-state index contributed by atoms with van der Waals surface area (Å²) < 4.78 is 51.7. The maximum Gasteiger partial charge on any atom is 0.423 e. The number of ether oxygens (including phenoxy) is 1. The second-order valence-electron chi connectivity index (χ2n) is 8.02. The van der Waals surface area contributed by atoms with Crippen LogP contribution in [-0.2, 0) is 10.9 Å². The van der Waals surface area contributed by atoms with Gasteiger partial charge in [-0.05, 0) is 59.9 Å². The average molecular weight is 503 g/mol. The Morgan fingerprint density at radius 2 is 2.03 bits per heavy atom. The molecule has 9 nitrogen and oxygen atoms in total. The lowest BCUT2D eigenvalue weighted by atomic mass is 10.0. The molecule has 1 fully saturated rings. The summed E-state index contributed by atoms with van der Waals surface area (Å²) in [5, 5.41) is 14.1. The van der Waals surface area contributed by atoms with Gasteiger partial charge in [0.2, 0.25) is 0 Å². The molecule has 13 heteroatoms. The van der Waals surface area contributed by atoms with E-state index >= 15 is 0 Å². The lowest BCUT2D eigenvalue weighted by Gasteiger charge is -2.18. The van der Waals surface area contributed by atoms with Crippen LogP contribution in [0, 0.1) is 12.8 Å². The zero-order chi connectivity index (χ0) is 24.7. The summed E-state index contributed by atoms with van der Waals surface area (Å²) in [6, 6.07) is 2.61. The van der Waals surface area contributed by atoms with Gasteiger partial charge in [0.15, 0.2) is 11.0 Å². The first-order valence-corrected chi connectivity index (χ1v) is 11.4. The molecule has 2 aliphatic rings. The Balaban J connectivity index is 1.44. The number of nitrogens with one attached hydrogen (secondary N) is 2. The number of rotatable bonds is 6. The molecule has 1 aliphatic heterocycles. The van der Waals surface area contributed by atoms with Crippen molar-refractivity contribution in [1.82, 2.24) is 30.0 Å². The Bertz CT molecular complexity index is 1500. The smallest absolute Gasteiger partial charge is 0.376 e. The van der Waals surface area contributed by atoms with Gasteiger partial charge in [-0.3, -0.25) is 5.32 Å². The SMILES string of the molecule is COC(C1=c2nc(C)sc2=[N+]=C=C1NC(=O)Nc1ccc(-n2nccn2)c(C(F)(F)F)c1)C1CC1. The number of amides is 2. The van der Waals surface area contributed by atoms with Gasteiger partial charge in [-0.1, -0.05) is 0 Å². The highest BCUT2D eigenvalue weighted by Crippen LogP contribution is 2.39. The molecule has 0 radical (unpaired) electrons. The maximum atomic E-state index is 13.7. The number of nitrogens with zero attached hydrogens (tertiary/aromatic N) is 5. The van der Waals surface area contributed by atoms with E-state index in [0.29, 0.717) is 15.6 Å². The molecular formula is C22H19F3N7O2S+. The number of thiazole rings is 1. The number of urea groups is 1. The number of carbonyl (C=O) groups is 1. The number of hydrogen-bond acceptors (Lipinski definition) is 6. The van der Waals surface area contributed by atoms with Gasteiger partial charge in [-0.2, -0.15) is 28.2 Å². The quantitative estimate of drug-likeness (QED) is 0.499. The first-order valence-electron chi connectivity index (χ1n) is 10.6. The average Bonchev–Trinajstić information content (AvgIpc) is 3.34. The maximum absolute atomic E-state index is 13.7. The minimum absolute atomic E-state index is 0.0590. The van der Waals surface area contributed by atoms with Crippen molar-refractivity contribution in [1.29, 1.82) is 0 Å². The van der Waals surface area contributed by atoms with Crippen LogP contribution in [0.25, 0.3) is 11.3 Å². The Labute approximate surface area is 200 Å². The lowest BCUT2D eigenvalue weighted by molar-refractivity contribution is -0.137. The molecule has 2 N–H and O–H groups in total. The molecule has 0 saturated heterocycles. The Hall–Kier alpha value is -3.76. The number of hydrogen-bond donors (Lipinski definition) is 2. The summed E-state index contributed by atoms with van der Waals surface area (Å²) in [5.74, 6) is 3.12. The highest BCUT2D eigenvalue weighted by Gasteiger charge is 2.39. The second-order valence-corrected chi connectivity index (χ2v) is 9.20. The Morgan fingerprint density at radius 3 is 2.69 bits per heavy atom. The highest BCUT2D eigenvalue weighted by molar-refractivity contribution is 7.09. The van der Waals surface area contributed by atoms with E-state index in [2.05, 4.69) is 36.4 Å². The highest BCUT2D eigenvalue weighted by atomic mass is 32.1. The zero-order valence-corrected chi connectivity index (χ0v) is 19.4. The van der Waals surface area contributed by atoms with Crippen LogP contribution in [0.5, 0.6) is 0 Å². The molecule has 3 aromatic rings. The monoisotopic (exact) mass is 502 g/mol. The summed E-state index contributed by atoms with van der Waals surface area (Å²) >= 11 is 1.40. The summed E-state index contributed by atoms with van der Waals surface area (Å²) in [7, 11) is 1.59. The number of alkyl halides is 3. The van der Waals surface area contributed by atoms with Crippen LogP contribution < -0.4 is 25.3 Å². The van der Waals surface area contributed by atoms with Crippen molar-refractivity contribution in [3.63, 3.8) is 0 Å². The zero-order valence-electron chi connectivity index (χ0n) is 18.6. The number of methoxy groups -OCH3 is 1. The summed E-state index contributed by atoms with van der Waals surface area (Å²) in [6.07, 6.45) is -0.490. The van der Waals surface area contributed by atoms with Crippen molar-refractivity contribution in [2.24, 2.45) is 5.92 Å². The Morgan fingerprint density at radius 1 is 1.29 bits per heavy atom. The van der Waals surface area contributed by atoms with Crippen molar-refractivity contribution < 1.29 is 22.7 Å². The van der Waals surface area contributed by atoms with Crippen LogP contribution in [0.15, 0.2) is 36.3 Å². The van der Waals surface area contributed by atoms with Crippen molar-refractivity contribution >= 4 is 34.5 Å². The summed E-state index contributed by atoms with van der Waals surface area (Å²) in [6.45, 7) is 1.86. The minimum Gasteiger partial charge on any atom is -0.376 e. The van der Waals surface area contributed by atoms with Gasteiger partial charge in [-0.25, -0.2) is 9.78 Å². The largest absolute Gasteiger partial charge is 0.423 e. The van der Waals surface area contributed by atoms with Crippen molar-refractivity contribution in [3.05, 3.63) is 56.9 Å². The van der Waals surface area contributed by atoms with E-state index in [-0.39, 0.29) is 29.1 Å². The van der Waals surface area contributed by atoms with E-state index < -0.39 is 17.8 Å². The number of aryl methyl sites for hydroxylation is 1. The summed E-state index contributed by atoms with van der Waals surface area (Å²) in [4.78, 5) is 18.2. The number of fused-ring (bicyclic) bond motifs is 1. The van der Waals surface area contributed by atoms with Gasteiger partial charge >= 0.3 is 22.7 Å². The van der Waals surface area contributed by atoms with E-state index in [1.54, 1.807) is 7.11 Å². The molecule has 1 unspecified atom stereocenters. The number of anilines is 1. The van der Waals surface area contributed by atoms with Crippen LogP contribution >= 0.6 is 11.3 Å². The molecule has 180 valence electrons. The first-order chi connectivity index (χ1) is 16.7. The van der Waals surface area contributed by atoms with E-state index in [1.807, 2.05) is 6.92 Å². The molecule has 3 heterocycles. The molecule has 0 bridgehead atoms. The number of aromatic nitrogens is 4. The van der Waals surface area contributed by atoms with Crippen LogP contribution in [0.1, 0.15) is 23.4 Å². The number of halogens is 3. The van der Waals surface area contributed by atoms with Gasteiger partial charge in [-0.15, -0.1) is 0 Å². The van der Waals surface area contributed by atoms with E-state index in [4.69, 9.17) is 4.74 Å². The van der Waals surface area contributed by atoms with E-state index in [1.165, 1.54) is 35.9 Å². The third-order valence-electron chi connectivity index (χ3n) is 5.53. The van der Waals surface area contributed by atoms with Gasteiger partial charge in [0, 0.05) is 12.8 Å². The normalized spacial score (nSPS) is 15.8. The predicted octanol–water partition coefficient (Wildman–Crippen LogP) is 1.70. The van der Waals surface area contributed by atoms with Gasteiger partial charge in [0.1, 0.15) is 0 Å². The molecule has 5 rings (SSSR count). The van der Waals surface area contributed by atoms with E-state index in [9.17, 15) is 18.0 Å². The fourth-order valence-electron chi connectivity index (χ4n) is 3.90. The van der Waals surface area contributed by atoms with Crippen LogP contribution in [0.4, 0.5) is 23.7 Å². The second kappa shape index (κ2) is 8.79. The number of benzene rings is 1. The third kappa shape index (κ3) is 4.62. The third-order valence-corrected chi connectivity index (χ3v) is 6.40. The number of carbonyl (C=O) groups excluding carboxylic acids is 1.